The van der Waals surface area contributed by atoms with Gasteiger partial charge in [-0.25, -0.2) is 4.39 Å². The van der Waals surface area contributed by atoms with Gasteiger partial charge in [0.25, 0.3) is 5.91 Å². The molecule has 3 aromatic rings. The fourth-order valence-electron chi connectivity index (χ4n) is 2.46. The van der Waals surface area contributed by atoms with Gasteiger partial charge in [-0.05, 0) is 41.5 Å². The van der Waals surface area contributed by atoms with Crippen molar-refractivity contribution >= 4 is 18.3 Å². The lowest BCUT2D eigenvalue weighted by Gasteiger charge is -2.12. The van der Waals surface area contributed by atoms with Crippen molar-refractivity contribution in [2.24, 2.45) is 5.73 Å². The number of carbonyl (C=O) groups excluding carboxylic acids is 1. The van der Waals surface area contributed by atoms with Crippen LogP contribution in [0.1, 0.15) is 27.0 Å². The van der Waals surface area contributed by atoms with Crippen molar-refractivity contribution in [3.63, 3.8) is 0 Å². The molecule has 0 saturated heterocycles. The van der Waals surface area contributed by atoms with E-state index in [4.69, 9.17) is 10.6 Å². The smallest absolute Gasteiger partial charge is 0.285 e. The maximum Gasteiger partial charge on any atom is 0.285 e. The first-order valence-corrected chi connectivity index (χ1v) is 8.09. The zero-order valence-electron chi connectivity index (χ0n) is 14.4. The molecule has 1 heterocycles. The first-order valence-electron chi connectivity index (χ1n) is 8.09. The van der Waals surface area contributed by atoms with E-state index in [1.165, 1.54) is 24.4 Å². The number of nitrogens with zero attached hydrogens (tertiary/aromatic N) is 1. The van der Waals surface area contributed by atoms with Crippen LogP contribution in [0.3, 0.4) is 0 Å². The third kappa shape index (κ3) is 5.51. The van der Waals surface area contributed by atoms with Crippen molar-refractivity contribution in [1.29, 1.82) is 0 Å². The van der Waals surface area contributed by atoms with Crippen molar-refractivity contribution in [2.45, 2.75) is 13.0 Å². The Balaban J connectivity index is 0.00000261. The lowest BCUT2D eigenvalue weighted by molar-refractivity contribution is 0.0758. The van der Waals surface area contributed by atoms with Crippen LogP contribution in [0, 0.1) is 5.82 Å². The van der Waals surface area contributed by atoms with Gasteiger partial charge >= 0.3 is 0 Å². The number of hydrogen-bond donors (Lipinski definition) is 2. The van der Waals surface area contributed by atoms with E-state index >= 15 is 0 Å². The molecule has 0 aliphatic heterocycles. The topological polar surface area (TPSA) is 77.2 Å². The number of nitrogens with one attached hydrogen (secondary N) is 1. The molecule has 0 spiro atoms. The fraction of sp³-hybridized carbons (Fsp3) is 0.100. The molecular formula is C20H19ClFN3O2. The number of halogens is 2. The van der Waals surface area contributed by atoms with E-state index in [1.807, 2.05) is 24.3 Å². The van der Waals surface area contributed by atoms with Gasteiger partial charge in [0.05, 0.1) is 5.56 Å². The van der Waals surface area contributed by atoms with Gasteiger partial charge in [-0.3, -0.25) is 9.78 Å². The predicted molar refractivity (Wildman–Crippen MR) is 103 cm³/mol. The van der Waals surface area contributed by atoms with Crippen LogP contribution in [-0.2, 0) is 13.0 Å². The van der Waals surface area contributed by atoms with Crippen molar-refractivity contribution in [3.05, 3.63) is 95.1 Å². The molecule has 1 aromatic heterocycles. The summed E-state index contributed by atoms with van der Waals surface area (Å²) in [4.78, 5) is 21.4. The lowest BCUT2D eigenvalue weighted by atomic mass is 10.0. The normalized spacial score (nSPS) is 10.0. The van der Waals surface area contributed by atoms with Crippen molar-refractivity contribution in [1.82, 2.24) is 10.5 Å². The molecule has 3 N–H and O–H groups in total. The predicted octanol–water partition coefficient (Wildman–Crippen LogP) is 3.42. The molecule has 0 bridgehead atoms. The first kappa shape index (κ1) is 20.4. The summed E-state index contributed by atoms with van der Waals surface area (Å²) in [5.41, 5.74) is 11.0. The van der Waals surface area contributed by atoms with Gasteiger partial charge in [-0.15, -0.1) is 12.4 Å². The Kier molecular flexibility index (Phi) is 7.28. The Morgan fingerprint density at radius 1 is 1.11 bits per heavy atom. The van der Waals surface area contributed by atoms with Crippen molar-refractivity contribution in [3.8, 4) is 5.75 Å². The summed E-state index contributed by atoms with van der Waals surface area (Å²) < 4.78 is 13.7. The van der Waals surface area contributed by atoms with E-state index in [0.717, 1.165) is 11.1 Å². The Labute approximate surface area is 162 Å². The van der Waals surface area contributed by atoms with Crippen molar-refractivity contribution in [2.75, 3.05) is 0 Å². The molecular weight excluding hydrogens is 369 g/mol. The summed E-state index contributed by atoms with van der Waals surface area (Å²) in [5, 5.41) is 0. The molecule has 1 amide bonds. The number of carbonyl (C=O) groups is 1. The summed E-state index contributed by atoms with van der Waals surface area (Å²) in [7, 11) is 0. The molecule has 0 radical (unpaired) electrons. The van der Waals surface area contributed by atoms with Crippen LogP contribution in [0.2, 0.25) is 0 Å². The van der Waals surface area contributed by atoms with Crippen LogP contribution in [-0.4, -0.2) is 10.9 Å². The highest BCUT2D eigenvalue weighted by atomic mass is 35.5. The average molecular weight is 388 g/mol. The van der Waals surface area contributed by atoms with E-state index in [9.17, 15) is 9.18 Å². The minimum absolute atomic E-state index is 0. The SMILES string of the molecule is Cl.NCc1ccc(Cc2cc(F)ccc2ONC(=O)c2cccnc2)cc1. The van der Waals surface area contributed by atoms with E-state index < -0.39 is 5.91 Å². The van der Waals surface area contributed by atoms with Gasteiger partial charge in [0.1, 0.15) is 5.82 Å². The second-order valence-electron chi connectivity index (χ2n) is 5.72. The van der Waals surface area contributed by atoms with Crippen LogP contribution in [0.15, 0.2) is 67.0 Å². The fourth-order valence-corrected chi connectivity index (χ4v) is 2.46. The number of aromatic nitrogens is 1. The van der Waals surface area contributed by atoms with Gasteiger partial charge in [0.15, 0.2) is 5.75 Å². The molecule has 0 saturated carbocycles. The summed E-state index contributed by atoms with van der Waals surface area (Å²) in [5.74, 6) is -0.420. The minimum atomic E-state index is -0.430. The number of amides is 1. The summed E-state index contributed by atoms with van der Waals surface area (Å²) >= 11 is 0. The van der Waals surface area contributed by atoms with Gasteiger partial charge in [0, 0.05) is 30.9 Å². The molecule has 0 aliphatic carbocycles. The molecule has 0 unspecified atom stereocenters. The van der Waals surface area contributed by atoms with Crippen molar-refractivity contribution < 1.29 is 14.0 Å². The quantitative estimate of drug-likeness (QED) is 0.635. The van der Waals surface area contributed by atoms with Gasteiger partial charge in [0.2, 0.25) is 0 Å². The van der Waals surface area contributed by atoms with Gasteiger partial charge < -0.3 is 10.6 Å². The van der Waals surface area contributed by atoms with E-state index in [-0.39, 0.29) is 18.2 Å². The molecule has 7 heteroatoms. The largest absolute Gasteiger partial charge is 0.379 e. The third-order valence-corrected chi connectivity index (χ3v) is 3.85. The highest BCUT2D eigenvalue weighted by Gasteiger charge is 2.10. The second-order valence-corrected chi connectivity index (χ2v) is 5.72. The molecule has 5 nitrogen and oxygen atoms in total. The Hall–Kier alpha value is -2.96. The number of hydrogen-bond acceptors (Lipinski definition) is 4. The van der Waals surface area contributed by atoms with Crippen LogP contribution in [0.5, 0.6) is 5.75 Å². The van der Waals surface area contributed by atoms with Crippen LogP contribution < -0.4 is 16.1 Å². The van der Waals surface area contributed by atoms with Crippen LogP contribution in [0.4, 0.5) is 4.39 Å². The van der Waals surface area contributed by atoms with Crippen LogP contribution >= 0.6 is 12.4 Å². The highest BCUT2D eigenvalue weighted by Crippen LogP contribution is 2.23. The number of rotatable bonds is 6. The first-order chi connectivity index (χ1) is 12.7. The molecule has 2 aromatic carbocycles. The molecule has 27 heavy (non-hydrogen) atoms. The van der Waals surface area contributed by atoms with Gasteiger partial charge in [-0.1, -0.05) is 24.3 Å². The third-order valence-electron chi connectivity index (χ3n) is 3.85. The van der Waals surface area contributed by atoms with Gasteiger partial charge in [-0.2, -0.15) is 5.48 Å². The lowest BCUT2D eigenvalue weighted by Crippen LogP contribution is -2.27. The standard InChI is InChI=1S/C20H18FN3O2.ClH/c21-18-7-8-19(26-24-20(25)16-2-1-9-23-13-16)17(11-18)10-14-3-5-15(12-22)6-4-14;/h1-9,11,13H,10,12,22H2,(H,24,25);1H. The zero-order valence-corrected chi connectivity index (χ0v) is 15.2. The summed E-state index contributed by atoms with van der Waals surface area (Å²) in [6, 6.07) is 15.2. The van der Waals surface area contributed by atoms with E-state index in [1.54, 1.807) is 18.3 Å². The molecule has 0 fully saturated rings. The van der Waals surface area contributed by atoms with E-state index in [2.05, 4.69) is 10.5 Å². The molecule has 0 aliphatic rings. The second kappa shape index (κ2) is 9.66. The Bertz CT molecular complexity index is 889. The van der Waals surface area contributed by atoms with Crippen LogP contribution in [0.25, 0.3) is 0 Å². The number of nitrogens with two attached hydrogens (primary N) is 1. The van der Waals surface area contributed by atoms with E-state index in [0.29, 0.717) is 29.8 Å². The molecule has 3 rings (SSSR count). The summed E-state index contributed by atoms with van der Waals surface area (Å²) in [6.45, 7) is 0.467. The maximum absolute atomic E-state index is 13.7. The maximum atomic E-state index is 13.7. The Morgan fingerprint density at radius 3 is 2.52 bits per heavy atom. The monoisotopic (exact) mass is 387 g/mol. The number of pyridine rings is 1. The zero-order chi connectivity index (χ0) is 18.4. The molecule has 140 valence electrons. The number of hydroxylamine groups is 1. The highest BCUT2D eigenvalue weighted by molar-refractivity contribution is 5.93. The minimum Gasteiger partial charge on any atom is -0.379 e. The summed E-state index contributed by atoms with van der Waals surface area (Å²) in [6.07, 6.45) is 3.47. The number of benzene rings is 2. The molecule has 0 atom stereocenters. The Morgan fingerprint density at radius 2 is 1.85 bits per heavy atom. The average Bonchev–Trinajstić information content (AvgIpc) is 2.68.